The smallest absolute Gasteiger partial charge is 0.0218 e. The molecule has 3 rings (SSSR count). The minimum absolute atomic E-state index is 0.753. The van der Waals surface area contributed by atoms with Crippen molar-refractivity contribution in [3.05, 3.63) is 0 Å². The third-order valence-electron chi connectivity index (χ3n) is 5.19. The summed E-state index contributed by atoms with van der Waals surface area (Å²) in [6.07, 6.45) is 2.20. The van der Waals surface area contributed by atoms with Gasteiger partial charge in [-0.1, -0.05) is 11.9 Å². The summed E-state index contributed by atoms with van der Waals surface area (Å²) in [5.41, 5.74) is 0. The first-order valence-corrected chi connectivity index (χ1v) is 8.62. The molecule has 0 radical (unpaired) electrons. The Morgan fingerprint density at radius 2 is 1.67 bits per heavy atom. The summed E-state index contributed by atoms with van der Waals surface area (Å²) in [6, 6.07) is 0.753. The van der Waals surface area contributed by atoms with Crippen molar-refractivity contribution in [2.45, 2.75) is 19.9 Å². The summed E-state index contributed by atoms with van der Waals surface area (Å²) in [5, 5.41) is 0. The largest absolute Gasteiger partial charge is 0.300 e. The third-order valence-corrected chi connectivity index (χ3v) is 6.07. The molecule has 3 fully saturated rings. The average Bonchev–Trinajstić information content (AvgIpc) is 2.84. The monoisotopic (exact) mass is 269 g/mol. The second-order valence-electron chi connectivity index (χ2n) is 6.45. The molecule has 18 heavy (non-hydrogen) atoms. The van der Waals surface area contributed by atoms with Gasteiger partial charge in [-0.3, -0.25) is 0 Å². The van der Waals surface area contributed by atoms with Crippen LogP contribution in [0.25, 0.3) is 0 Å². The fourth-order valence-corrected chi connectivity index (χ4v) is 4.30. The van der Waals surface area contributed by atoms with E-state index in [9.17, 15) is 0 Å². The van der Waals surface area contributed by atoms with Crippen molar-refractivity contribution in [1.82, 2.24) is 14.1 Å². The number of fused-ring (bicyclic) bond motifs is 1. The van der Waals surface area contributed by atoms with Crippen LogP contribution in [0, 0.1) is 17.8 Å². The minimum Gasteiger partial charge on any atom is -0.300 e. The van der Waals surface area contributed by atoms with E-state index in [0.29, 0.717) is 0 Å². The number of likely N-dealkylation sites (tertiary alicyclic amines) is 1. The van der Waals surface area contributed by atoms with Gasteiger partial charge in [0.2, 0.25) is 0 Å². The SMILES string of the molecule is CSN1CCN(C[C@@H]2[C@H]3CN(C(C)C)C[C@@H]23)CC1. The molecule has 0 bridgehead atoms. The van der Waals surface area contributed by atoms with E-state index in [2.05, 4.69) is 34.2 Å². The third kappa shape index (κ3) is 2.58. The molecular formula is C14H27N3S. The van der Waals surface area contributed by atoms with Crippen LogP contribution in [0.15, 0.2) is 0 Å². The highest BCUT2D eigenvalue weighted by atomic mass is 32.2. The molecule has 3 atom stereocenters. The van der Waals surface area contributed by atoms with Gasteiger partial charge in [0.15, 0.2) is 0 Å². The van der Waals surface area contributed by atoms with Crippen molar-refractivity contribution in [1.29, 1.82) is 0 Å². The van der Waals surface area contributed by atoms with E-state index in [1.807, 2.05) is 11.9 Å². The maximum absolute atomic E-state index is 2.70. The number of hydrogen-bond donors (Lipinski definition) is 0. The molecule has 2 aliphatic heterocycles. The molecule has 0 aromatic heterocycles. The van der Waals surface area contributed by atoms with Crippen LogP contribution in [-0.2, 0) is 0 Å². The Hall–Kier alpha value is 0.230. The summed E-state index contributed by atoms with van der Waals surface area (Å²) >= 11 is 1.90. The first-order chi connectivity index (χ1) is 8.69. The van der Waals surface area contributed by atoms with Gasteiger partial charge in [0.05, 0.1) is 0 Å². The summed E-state index contributed by atoms with van der Waals surface area (Å²) in [5.74, 6) is 3.10. The van der Waals surface area contributed by atoms with E-state index >= 15 is 0 Å². The minimum atomic E-state index is 0.753. The Labute approximate surface area is 116 Å². The van der Waals surface area contributed by atoms with Crippen molar-refractivity contribution < 1.29 is 0 Å². The van der Waals surface area contributed by atoms with Crippen molar-refractivity contribution >= 4 is 11.9 Å². The zero-order chi connectivity index (χ0) is 12.7. The molecule has 0 spiro atoms. The maximum Gasteiger partial charge on any atom is 0.0218 e. The standard InChI is InChI=1S/C14H27N3S/c1-11(2)16-9-13-12(14(13)10-16)8-15-4-6-17(18-3)7-5-15/h11-14H,4-10H2,1-3H3/t12-,13-,14+. The molecular weight excluding hydrogens is 242 g/mol. The lowest BCUT2D eigenvalue weighted by Gasteiger charge is -2.34. The molecule has 0 aromatic rings. The molecule has 0 N–H and O–H groups in total. The Morgan fingerprint density at radius 3 is 2.17 bits per heavy atom. The second kappa shape index (κ2) is 5.31. The molecule has 0 amide bonds. The highest BCUT2D eigenvalue weighted by molar-refractivity contribution is 7.96. The molecule has 4 heteroatoms. The maximum atomic E-state index is 2.70. The lowest BCUT2D eigenvalue weighted by molar-refractivity contribution is 0.168. The first-order valence-electron chi connectivity index (χ1n) is 7.44. The van der Waals surface area contributed by atoms with Crippen LogP contribution in [0.3, 0.4) is 0 Å². The van der Waals surface area contributed by atoms with Gasteiger partial charge in [0.25, 0.3) is 0 Å². The zero-order valence-corrected chi connectivity index (χ0v) is 12.8. The van der Waals surface area contributed by atoms with Crippen LogP contribution in [0.2, 0.25) is 0 Å². The number of nitrogens with zero attached hydrogens (tertiary/aromatic N) is 3. The summed E-state index contributed by atoms with van der Waals surface area (Å²) in [7, 11) is 0. The number of piperidine rings is 1. The molecule has 1 saturated carbocycles. The molecule has 104 valence electrons. The van der Waals surface area contributed by atoms with Crippen molar-refractivity contribution in [3.63, 3.8) is 0 Å². The first kappa shape index (κ1) is 13.2. The molecule has 2 saturated heterocycles. The van der Waals surface area contributed by atoms with E-state index in [0.717, 1.165) is 23.8 Å². The molecule has 1 aliphatic carbocycles. The van der Waals surface area contributed by atoms with Gasteiger partial charge >= 0.3 is 0 Å². The molecule has 0 aromatic carbocycles. The zero-order valence-electron chi connectivity index (χ0n) is 12.0. The summed E-state index contributed by atoms with van der Waals surface area (Å²) < 4.78 is 2.49. The lowest BCUT2D eigenvalue weighted by Crippen LogP contribution is -2.44. The fourth-order valence-electron chi connectivity index (χ4n) is 3.77. The Bertz CT molecular complexity index is 277. The van der Waals surface area contributed by atoms with Crippen LogP contribution in [0.4, 0.5) is 0 Å². The van der Waals surface area contributed by atoms with Gasteiger partial charge in [-0.15, -0.1) is 0 Å². The van der Waals surface area contributed by atoms with Crippen molar-refractivity contribution in [2.24, 2.45) is 17.8 Å². The van der Waals surface area contributed by atoms with E-state index in [4.69, 9.17) is 0 Å². The van der Waals surface area contributed by atoms with Gasteiger partial charge in [-0.05, 0) is 37.9 Å². The topological polar surface area (TPSA) is 9.72 Å². The Morgan fingerprint density at radius 1 is 1.06 bits per heavy atom. The van der Waals surface area contributed by atoms with Gasteiger partial charge in [0, 0.05) is 51.9 Å². The van der Waals surface area contributed by atoms with E-state index in [1.165, 1.54) is 45.8 Å². The van der Waals surface area contributed by atoms with Gasteiger partial charge in [-0.2, -0.15) is 0 Å². The fraction of sp³-hybridized carbons (Fsp3) is 1.00. The van der Waals surface area contributed by atoms with Crippen LogP contribution in [0.1, 0.15) is 13.8 Å². The number of piperazine rings is 1. The van der Waals surface area contributed by atoms with E-state index < -0.39 is 0 Å². The predicted molar refractivity (Wildman–Crippen MR) is 78.7 cm³/mol. The highest BCUT2D eigenvalue weighted by Gasteiger charge is 2.55. The second-order valence-corrected chi connectivity index (χ2v) is 7.33. The highest BCUT2D eigenvalue weighted by Crippen LogP contribution is 2.52. The summed E-state index contributed by atoms with van der Waals surface area (Å²) in [6.45, 7) is 13.9. The molecule has 3 nitrogen and oxygen atoms in total. The Balaban J connectivity index is 1.40. The van der Waals surface area contributed by atoms with Crippen LogP contribution >= 0.6 is 11.9 Å². The molecule has 0 unspecified atom stereocenters. The van der Waals surface area contributed by atoms with Crippen LogP contribution < -0.4 is 0 Å². The Kier molecular flexibility index (Phi) is 3.90. The molecule has 2 heterocycles. The quantitative estimate of drug-likeness (QED) is 0.715. The average molecular weight is 269 g/mol. The van der Waals surface area contributed by atoms with E-state index in [1.54, 1.807) is 0 Å². The normalized spacial score (nSPS) is 38.3. The van der Waals surface area contributed by atoms with Gasteiger partial charge in [-0.25, -0.2) is 4.31 Å². The van der Waals surface area contributed by atoms with Gasteiger partial charge < -0.3 is 9.80 Å². The van der Waals surface area contributed by atoms with E-state index in [-0.39, 0.29) is 0 Å². The number of rotatable bonds is 4. The van der Waals surface area contributed by atoms with Crippen LogP contribution in [0.5, 0.6) is 0 Å². The van der Waals surface area contributed by atoms with Crippen molar-refractivity contribution in [2.75, 3.05) is 52.1 Å². The predicted octanol–water partition coefficient (Wildman–Crippen LogP) is 1.47. The molecule has 3 aliphatic rings. The van der Waals surface area contributed by atoms with Crippen LogP contribution in [-0.4, -0.2) is 72.2 Å². The number of hydrogen-bond acceptors (Lipinski definition) is 4. The van der Waals surface area contributed by atoms with Gasteiger partial charge in [0.1, 0.15) is 0 Å². The van der Waals surface area contributed by atoms with Crippen molar-refractivity contribution in [3.8, 4) is 0 Å². The lowest BCUT2D eigenvalue weighted by atomic mass is 10.2. The summed E-state index contributed by atoms with van der Waals surface area (Å²) in [4.78, 5) is 5.37.